The molecular formula is C21H20ClFN4O2. The first-order valence-electron chi connectivity index (χ1n) is 9.30. The second-order valence-corrected chi connectivity index (χ2v) is 7.25. The van der Waals surface area contributed by atoms with Gasteiger partial charge in [-0.2, -0.15) is 0 Å². The number of pyridine rings is 1. The van der Waals surface area contributed by atoms with Crippen LogP contribution >= 0.6 is 11.6 Å². The third-order valence-electron chi connectivity index (χ3n) is 4.83. The van der Waals surface area contributed by atoms with Crippen LogP contribution in [0.3, 0.4) is 0 Å². The van der Waals surface area contributed by atoms with Crippen molar-refractivity contribution in [2.45, 2.75) is 12.8 Å². The first kappa shape index (κ1) is 19.3. The Hall–Kier alpha value is -3.06. The summed E-state index contributed by atoms with van der Waals surface area (Å²) in [5.74, 6) is 0.757. The average Bonchev–Trinajstić information content (AvgIpc) is 3.23. The summed E-state index contributed by atoms with van der Waals surface area (Å²) in [6.07, 6.45) is 2.25. The zero-order chi connectivity index (χ0) is 20.4. The van der Waals surface area contributed by atoms with Gasteiger partial charge in [-0.25, -0.2) is 14.2 Å². The summed E-state index contributed by atoms with van der Waals surface area (Å²) in [6.45, 7) is 1.87. The van der Waals surface area contributed by atoms with Crippen LogP contribution in [0.4, 0.5) is 26.4 Å². The van der Waals surface area contributed by atoms with E-state index in [1.807, 2.05) is 12.1 Å². The molecule has 2 aromatic carbocycles. The summed E-state index contributed by atoms with van der Waals surface area (Å²) in [6, 6.07) is 11.0. The first-order chi connectivity index (χ1) is 14.0. The molecular weight excluding hydrogens is 395 g/mol. The van der Waals surface area contributed by atoms with Gasteiger partial charge in [0, 0.05) is 29.2 Å². The van der Waals surface area contributed by atoms with E-state index in [1.165, 1.54) is 13.2 Å². The molecule has 3 aromatic rings. The van der Waals surface area contributed by atoms with Crippen molar-refractivity contribution in [2.75, 3.05) is 35.7 Å². The smallest absolute Gasteiger partial charge is 0.323 e. The monoisotopic (exact) mass is 414 g/mol. The van der Waals surface area contributed by atoms with E-state index in [0.717, 1.165) is 31.7 Å². The van der Waals surface area contributed by atoms with Crippen molar-refractivity contribution in [3.63, 3.8) is 0 Å². The second kappa shape index (κ2) is 8.13. The maximum atomic E-state index is 14.7. The summed E-state index contributed by atoms with van der Waals surface area (Å²) >= 11 is 5.98. The molecule has 1 saturated heterocycles. The number of carbonyl (C=O) groups excluding carboxylic acids is 1. The quantitative estimate of drug-likeness (QED) is 0.609. The van der Waals surface area contributed by atoms with Crippen LogP contribution in [-0.2, 0) is 0 Å². The van der Waals surface area contributed by atoms with Crippen molar-refractivity contribution >= 4 is 45.7 Å². The molecule has 2 amide bonds. The number of halogens is 2. The number of rotatable bonds is 4. The molecule has 1 aliphatic rings. The molecule has 1 aromatic heterocycles. The fraction of sp³-hybridized carbons (Fsp3) is 0.238. The Balaban J connectivity index is 1.54. The van der Waals surface area contributed by atoms with Gasteiger partial charge in [0.2, 0.25) is 0 Å². The number of anilines is 3. The zero-order valence-corrected chi connectivity index (χ0v) is 16.6. The molecule has 8 heteroatoms. The fourth-order valence-corrected chi connectivity index (χ4v) is 3.61. The molecule has 1 aliphatic heterocycles. The minimum atomic E-state index is -0.536. The lowest BCUT2D eigenvalue weighted by Gasteiger charge is -2.17. The van der Waals surface area contributed by atoms with E-state index in [4.69, 9.17) is 16.3 Å². The van der Waals surface area contributed by atoms with Crippen molar-refractivity contribution in [2.24, 2.45) is 0 Å². The van der Waals surface area contributed by atoms with E-state index in [2.05, 4.69) is 20.5 Å². The van der Waals surface area contributed by atoms with Crippen LogP contribution in [0.2, 0.25) is 5.02 Å². The maximum absolute atomic E-state index is 14.7. The van der Waals surface area contributed by atoms with Gasteiger partial charge in [0.15, 0.2) is 5.82 Å². The molecule has 4 rings (SSSR count). The fourth-order valence-electron chi connectivity index (χ4n) is 3.44. The summed E-state index contributed by atoms with van der Waals surface area (Å²) in [7, 11) is 1.49. The van der Waals surface area contributed by atoms with Crippen LogP contribution in [0.25, 0.3) is 10.9 Å². The highest BCUT2D eigenvalue weighted by Gasteiger charge is 2.16. The van der Waals surface area contributed by atoms with E-state index >= 15 is 0 Å². The molecule has 0 aliphatic carbocycles. The van der Waals surface area contributed by atoms with Gasteiger partial charge in [0.1, 0.15) is 17.1 Å². The number of hydrogen-bond donors (Lipinski definition) is 2. The van der Waals surface area contributed by atoms with Crippen molar-refractivity contribution in [3.05, 3.63) is 53.3 Å². The molecule has 0 saturated carbocycles. The minimum Gasteiger partial charge on any atom is -0.495 e. The Morgan fingerprint density at radius 1 is 1.14 bits per heavy atom. The van der Waals surface area contributed by atoms with E-state index in [-0.39, 0.29) is 5.52 Å². The molecule has 0 bridgehead atoms. The van der Waals surface area contributed by atoms with Crippen molar-refractivity contribution in [1.29, 1.82) is 0 Å². The van der Waals surface area contributed by atoms with Gasteiger partial charge < -0.3 is 20.3 Å². The van der Waals surface area contributed by atoms with Crippen molar-refractivity contribution in [1.82, 2.24) is 4.98 Å². The summed E-state index contributed by atoms with van der Waals surface area (Å²) in [5.41, 5.74) is 1.02. The molecule has 0 unspecified atom stereocenters. The zero-order valence-electron chi connectivity index (χ0n) is 15.8. The van der Waals surface area contributed by atoms with Crippen molar-refractivity contribution in [3.8, 4) is 5.75 Å². The maximum Gasteiger partial charge on any atom is 0.323 e. The number of amides is 2. The summed E-state index contributed by atoms with van der Waals surface area (Å²) in [5, 5.41) is 6.37. The van der Waals surface area contributed by atoms with Gasteiger partial charge in [-0.05, 0) is 55.3 Å². The molecule has 0 spiro atoms. The molecule has 0 atom stereocenters. The number of hydrogen-bond acceptors (Lipinski definition) is 4. The van der Waals surface area contributed by atoms with Gasteiger partial charge >= 0.3 is 6.03 Å². The van der Waals surface area contributed by atoms with Crippen LogP contribution in [0.15, 0.2) is 42.5 Å². The van der Waals surface area contributed by atoms with E-state index in [0.29, 0.717) is 27.5 Å². The SMILES string of the molecule is COc1ccc(Cl)cc1NC(=O)Nc1cc(F)c2nc(N3CCCC3)ccc2c1. The lowest BCUT2D eigenvalue weighted by atomic mass is 10.2. The van der Waals surface area contributed by atoms with Crippen LogP contribution < -0.4 is 20.3 Å². The lowest BCUT2D eigenvalue weighted by molar-refractivity contribution is 0.262. The number of nitrogens with zero attached hydrogens (tertiary/aromatic N) is 2. The Morgan fingerprint density at radius 2 is 1.93 bits per heavy atom. The van der Waals surface area contributed by atoms with Gasteiger partial charge in [-0.15, -0.1) is 0 Å². The predicted molar refractivity (Wildman–Crippen MR) is 114 cm³/mol. The number of aromatic nitrogens is 1. The Bertz CT molecular complexity index is 1070. The molecule has 1 fully saturated rings. The topological polar surface area (TPSA) is 66.5 Å². The number of fused-ring (bicyclic) bond motifs is 1. The van der Waals surface area contributed by atoms with Gasteiger partial charge in [-0.1, -0.05) is 11.6 Å². The highest BCUT2D eigenvalue weighted by Crippen LogP contribution is 2.29. The summed E-state index contributed by atoms with van der Waals surface area (Å²) < 4.78 is 19.9. The molecule has 0 radical (unpaired) electrons. The number of methoxy groups -OCH3 is 1. The van der Waals surface area contributed by atoms with E-state index in [1.54, 1.807) is 24.3 Å². The lowest BCUT2D eigenvalue weighted by Crippen LogP contribution is -2.20. The van der Waals surface area contributed by atoms with E-state index in [9.17, 15) is 9.18 Å². The van der Waals surface area contributed by atoms with Gasteiger partial charge in [0.05, 0.1) is 12.8 Å². The number of urea groups is 1. The number of nitrogens with one attached hydrogen (secondary N) is 2. The number of benzene rings is 2. The third kappa shape index (κ3) is 4.19. The minimum absolute atomic E-state index is 0.289. The normalized spacial score (nSPS) is 13.6. The first-order valence-corrected chi connectivity index (χ1v) is 9.68. The molecule has 2 N–H and O–H groups in total. The van der Waals surface area contributed by atoms with Crippen LogP contribution in [0, 0.1) is 5.82 Å². The second-order valence-electron chi connectivity index (χ2n) is 6.82. The molecule has 29 heavy (non-hydrogen) atoms. The van der Waals surface area contributed by atoms with E-state index < -0.39 is 11.8 Å². The van der Waals surface area contributed by atoms with Gasteiger partial charge in [-0.3, -0.25) is 0 Å². The van der Waals surface area contributed by atoms with Crippen molar-refractivity contribution < 1.29 is 13.9 Å². The highest BCUT2D eigenvalue weighted by molar-refractivity contribution is 6.31. The van der Waals surface area contributed by atoms with Crippen LogP contribution in [0.5, 0.6) is 5.75 Å². The third-order valence-corrected chi connectivity index (χ3v) is 5.06. The average molecular weight is 415 g/mol. The Labute approximate surface area is 172 Å². The standard InChI is InChI=1S/C21H20ClFN4O2/c1-29-18-6-5-14(22)11-17(18)25-21(28)24-15-10-13-4-7-19(27-8-2-3-9-27)26-20(13)16(23)12-15/h4-7,10-12H,2-3,8-9H2,1H3,(H2,24,25,28). The van der Waals surface area contributed by atoms with Crippen LogP contribution in [-0.4, -0.2) is 31.2 Å². The largest absolute Gasteiger partial charge is 0.495 e. The molecule has 2 heterocycles. The highest BCUT2D eigenvalue weighted by atomic mass is 35.5. The summed E-state index contributed by atoms with van der Waals surface area (Å²) in [4.78, 5) is 19.0. The Morgan fingerprint density at radius 3 is 2.69 bits per heavy atom. The number of carbonyl (C=O) groups is 1. The molecule has 150 valence electrons. The van der Waals surface area contributed by atoms with Gasteiger partial charge in [0.25, 0.3) is 0 Å². The predicted octanol–water partition coefficient (Wildman–Crippen LogP) is 5.28. The molecule has 6 nitrogen and oxygen atoms in total. The van der Waals surface area contributed by atoms with Crippen LogP contribution in [0.1, 0.15) is 12.8 Å². The number of ether oxygens (including phenoxy) is 1. The Kier molecular flexibility index (Phi) is 5.40.